The number of carbonyl (C=O) groups excluding carboxylic acids is 1. The maximum atomic E-state index is 13.0. The molecular formula is C27H31NO3. The fourth-order valence-corrected chi connectivity index (χ4v) is 3.63. The first-order valence-electron chi connectivity index (χ1n) is 10.6. The van der Waals surface area contributed by atoms with Crippen LogP contribution in [0.15, 0.2) is 66.7 Å². The fraction of sp³-hybridized carbons (Fsp3) is 0.296. The van der Waals surface area contributed by atoms with Crippen molar-refractivity contribution in [3.05, 3.63) is 89.0 Å². The van der Waals surface area contributed by atoms with Gasteiger partial charge in [-0.05, 0) is 74.7 Å². The van der Waals surface area contributed by atoms with E-state index >= 15 is 0 Å². The van der Waals surface area contributed by atoms with Gasteiger partial charge in [0.05, 0.1) is 13.2 Å². The normalized spacial score (nSPS) is 11.8. The van der Waals surface area contributed by atoms with Crippen LogP contribution in [0, 0.1) is 13.8 Å². The Hall–Kier alpha value is -3.27. The van der Waals surface area contributed by atoms with Crippen molar-refractivity contribution >= 4 is 11.6 Å². The third-order valence-corrected chi connectivity index (χ3v) is 5.35. The molecule has 3 aromatic rings. The number of carbonyl (C=O) groups is 1. The monoisotopic (exact) mass is 417 g/mol. The summed E-state index contributed by atoms with van der Waals surface area (Å²) in [7, 11) is 1.66. The van der Waals surface area contributed by atoms with E-state index in [0.717, 1.165) is 33.9 Å². The van der Waals surface area contributed by atoms with Gasteiger partial charge < -0.3 is 14.8 Å². The molecule has 0 bridgehead atoms. The van der Waals surface area contributed by atoms with Gasteiger partial charge in [-0.2, -0.15) is 0 Å². The summed E-state index contributed by atoms with van der Waals surface area (Å²) in [5.41, 5.74) is 5.19. The minimum Gasteiger partial charge on any atom is -0.496 e. The number of nitrogens with one attached hydrogen (secondary N) is 1. The zero-order valence-electron chi connectivity index (χ0n) is 18.9. The molecule has 0 unspecified atom stereocenters. The highest BCUT2D eigenvalue weighted by atomic mass is 16.5. The van der Waals surface area contributed by atoms with Crippen molar-refractivity contribution in [2.45, 2.75) is 46.1 Å². The average Bonchev–Trinajstić information content (AvgIpc) is 2.75. The first kappa shape index (κ1) is 22.4. The summed E-state index contributed by atoms with van der Waals surface area (Å²) in [6, 6.07) is 21.8. The molecular weight excluding hydrogens is 386 g/mol. The Balaban J connectivity index is 1.88. The fourth-order valence-electron chi connectivity index (χ4n) is 3.63. The van der Waals surface area contributed by atoms with Crippen LogP contribution in [0.2, 0.25) is 0 Å². The Labute approximate surface area is 185 Å². The zero-order valence-corrected chi connectivity index (χ0v) is 18.9. The summed E-state index contributed by atoms with van der Waals surface area (Å²) in [6.45, 7) is 8.11. The Kier molecular flexibility index (Phi) is 7.35. The lowest BCUT2D eigenvalue weighted by Crippen LogP contribution is -2.17. The summed E-state index contributed by atoms with van der Waals surface area (Å²) in [6.07, 6.45) is 0.414. The molecule has 0 aromatic heterocycles. The van der Waals surface area contributed by atoms with E-state index < -0.39 is 0 Å². The van der Waals surface area contributed by atoms with Crippen LogP contribution in [0.3, 0.4) is 0 Å². The molecule has 3 rings (SSSR count). The van der Waals surface area contributed by atoms with Gasteiger partial charge in [-0.15, -0.1) is 0 Å². The first-order valence-corrected chi connectivity index (χ1v) is 10.6. The van der Waals surface area contributed by atoms with Crippen molar-refractivity contribution in [1.29, 1.82) is 0 Å². The number of rotatable bonds is 8. The van der Waals surface area contributed by atoms with Gasteiger partial charge in [-0.25, -0.2) is 0 Å². The molecule has 162 valence electrons. The molecule has 4 nitrogen and oxygen atoms in total. The van der Waals surface area contributed by atoms with Crippen molar-refractivity contribution in [3.8, 4) is 11.5 Å². The summed E-state index contributed by atoms with van der Waals surface area (Å²) < 4.78 is 11.4. The van der Waals surface area contributed by atoms with Crippen LogP contribution in [0.5, 0.6) is 11.5 Å². The standard InChI is InChI=1S/C27H31NO3/c1-18(2)31-23-14-11-21(12-15-23)25(24-8-6-7-9-26(24)30-5)17-27(29)28-22-13-10-19(3)20(4)16-22/h6-16,18,25H,17H2,1-5H3,(H,28,29)/t25-/m0/s1. The highest BCUT2D eigenvalue weighted by molar-refractivity contribution is 5.91. The van der Waals surface area contributed by atoms with E-state index in [1.807, 2.05) is 87.5 Å². The Morgan fingerprint density at radius 2 is 1.65 bits per heavy atom. The smallest absolute Gasteiger partial charge is 0.225 e. The predicted octanol–water partition coefficient (Wildman–Crippen LogP) is 6.26. The van der Waals surface area contributed by atoms with E-state index in [-0.39, 0.29) is 17.9 Å². The molecule has 3 aromatic carbocycles. The number of ether oxygens (including phenoxy) is 2. The molecule has 0 aliphatic heterocycles. The third kappa shape index (κ3) is 5.88. The van der Waals surface area contributed by atoms with Gasteiger partial charge in [0.25, 0.3) is 0 Å². The minimum atomic E-state index is -0.143. The SMILES string of the molecule is COc1ccccc1[C@@H](CC(=O)Nc1ccc(C)c(C)c1)c1ccc(OC(C)C)cc1. The van der Waals surface area contributed by atoms with Gasteiger partial charge in [0.15, 0.2) is 0 Å². The second-order valence-electron chi connectivity index (χ2n) is 8.08. The molecule has 31 heavy (non-hydrogen) atoms. The van der Waals surface area contributed by atoms with E-state index in [0.29, 0.717) is 6.42 Å². The van der Waals surface area contributed by atoms with Crippen LogP contribution in [0.4, 0.5) is 5.69 Å². The number of hydrogen-bond acceptors (Lipinski definition) is 3. The van der Waals surface area contributed by atoms with E-state index in [1.165, 1.54) is 5.56 Å². The largest absolute Gasteiger partial charge is 0.496 e. The second kappa shape index (κ2) is 10.2. The molecule has 0 radical (unpaired) electrons. The van der Waals surface area contributed by atoms with Gasteiger partial charge in [0.2, 0.25) is 5.91 Å². The van der Waals surface area contributed by atoms with E-state index in [4.69, 9.17) is 9.47 Å². The number of para-hydroxylation sites is 1. The van der Waals surface area contributed by atoms with Crippen LogP contribution in [0.1, 0.15) is 48.4 Å². The van der Waals surface area contributed by atoms with Crippen LogP contribution in [-0.4, -0.2) is 19.1 Å². The van der Waals surface area contributed by atoms with Crippen molar-refractivity contribution in [2.75, 3.05) is 12.4 Å². The van der Waals surface area contributed by atoms with Gasteiger partial charge in [0.1, 0.15) is 11.5 Å². The van der Waals surface area contributed by atoms with Gasteiger partial charge >= 0.3 is 0 Å². The van der Waals surface area contributed by atoms with Gasteiger partial charge in [0, 0.05) is 23.6 Å². The molecule has 0 spiro atoms. The topological polar surface area (TPSA) is 47.6 Å². The van der Waals surface area contributed by atoms with Crippen molar-refractivity contribution in [3.63, 3.8) is 0 Å². The lowest BCUT2D eigenvalue weighted by Gasteiger charge is -2.21. The number of methoxy groups -OCH3 is 1. The summed E-state index contributed by atoms with van der Waals surface area (Å²) in [4.78, 5) is 13.0. The zero-order chi connectivity index (χ0) is 22.4. The third-order valence-electron chi connectivity index (χ3n) is 5.35. The number of aryl methyl sites for hydroxylation is 2. The maximum Gasteiger partial charge on any atom is 0.225 e. The molecule has 0 aliphatic carbocycles. The van der Waals surface area contributed by atoms with E-state index in [9.17, 15) is 4.79 Å². The lowest BCUT2D eigenvalue weighted by atomic mass is 9.87. The molecule has 1 amide bonds. The highest BCUT2D eigenvalue weighted by Gasteiger charge is 2.22. The van der Waals surface area contributed by atoms with Crippen molar-refractivity contribution in [1.82, 2.24) is 0 Å². The summed E-state index contributed by atoms with van der Waals surface area (Å²) in [5.74, 6) is 1.41. The molecule has 0 aliphatic rings. The van der Waals surface area contributed by atoms with Crippen LogP contribution in [0.25, 0.3) is 0 Å². The Morgan fingerprint density at radius 3 is 2.29 bits per heavy atom. The molecule has 0 saturated heterocycles. The summed E-state index contributed by atoms with van der Waals surface area (Å²) in [5, 5.41) is 3.05. The minimum absolute atomic E-state index is 0.0401. The molecule has 4 heteroatoms. The van der Waals surface area contributed by atoms with Gasteiger partial charge in [-0.3, -0.25) is 4.79 Å². The average molecular weight is 418 g/mol. The van der Waals surface area contributed by atoms with Crippen LogP contribution in [-0.2, 0) is 4.79 Å². The van der Waals surface area contributed by atoms with Crippen LogP contribution < -0.4 is 14.8 Å². The molecule has 0 heterocycles. The molecule has 1 N–H and O–H groups in total. The Morgan fingerprint density at radius 1 is 0.935 bits per heavy atom. The van der Waals surface area contributed by atoms with E-state index in [2.05, 4.69) is 12.2 Å². The lowest BCUT2D eigenvalue weighted by molar-refractivity contribution is -0.116. The van der Waals surface area contributed by atoms with E-state index in [1.54, 1.807) is 7.11 Å². The first-order chi connectivity index (χ1) is 14.9. The quantitative estimate of drug-likeness (QED) is 0.470. The molecule has 1 atom stereocenters. The number of benzene rings is 3. The second-order valence-corrected chi connectivity index (χ2v) is 8.08. The van der Waals surface area contributed by atoms with Gasteiger partial charge in [-0.1, -0.05) is 36.4 Å². The number of anilines is 1. The highest BCUT2D eigenvalue weighted by Crippen LogP contribution is 2.35. The number of amides is 1. The molecule has 0 fully saturated rings. The van der Waals surface area contributed by atoms with Crippen molar-refractivity contribution in [2.24, 2.45) is 0 Å². The maximum absolute atomic E-state index is 13.0. The predicted molar refractivity (Wildman–Crippen MR) is 126 cm³/mol. The summed E-state index contributed by atoms with van der Waals surface area (Å²) >= 11 is 0. The molecule has 0 saturated carbocycles. The van der Waals surface area contributed by atoms with Crippen LogP contribution >= 0.6 is 0 Å². The van der Waals surface area contributed by atoms with Crippen molar-refractivity contribution < 1.29 is 14.3 Å². The number of hydrogen-bond donors (Lipinski definition) is 1. The Bertz CT molecular complexity index is 1020.